The minimum atomic E-state index is 0.738. The average Bonchev–Trinajstić information content (AvgIpc) is 2.53. The standard InChI is InChI=1S/C19H28O2/c1-6-10-15(7-2)11-12-21-19-14-16(8-3)18(20-5)13-17(19)9-4/h8-9,13-15H,3-4,6-7,10-12H2,1-2,5H3. The van der Waals surface area contributed by atoms with Crippen molar-refractivity contribution >= 4 is 12.2 Å². The van der Waals surface area contributed by atoms with Crippen molar-refractivity contribution in [3.63, 3.8) is 0 Å². The summed E-state index contributed by atoms with van der Waals surface area (Å²) in [6, 6.07) is 3.92. The number of ether oxygens (including phenoxy) is 2. The quantitative estimate of drug-likeness (QED) is 0.560. The average molecular weight is 288 g/mol. The van der Waals surface area contributed by atoms with Crippen molar-refractivity contribution in [1.82, 2.24) is 0 Å². The number of rotatable bonds is 10. The summed E-state index contributed by atoms with van der Waals surface area (Å²) in [4.78, 5) is 0. The summed E-state index contributed by atoms with van der Waals surface area (Å²) >= 11 is 0. The van der Waals surface area contributed by atoms with E-state index >= 15 is 0 Å². The summed E-state index contributed by atoms with van der Waals surface area (Å²) in [5.41, 5.74) is 1.90. The van der Waals surface area contributed by atoms with Gasteiger partial charge in [0.2, 0.25) is 0 Å². The fourth-order valence-corrected chi connectivity index (χ4v) is 2.51. The Balaban J connectivity index is 2.77. The Hall–Kier alpha value is -1.70. The molecule has 0 fully saturated rings. The summed E-state index contributed by atoms with van der Waals surface area (Å²) in [6.07, 6.45) is 8.40. The van der Waals surface area contributed by atoms with Gasteiger partial charge in [-0.2, -0.15) is 0 Å². The molecule has 116 valence electrons. The highest BCUT2D eigenvalue weighted by Crippen LogP contribution is 2.31. The zero-order valence-corrected chi connectivity index (χ0v) is 13.7. The lowest BCUT2D eigenvalue weighted by Crippen LogP contribution is -2.07. The van der Waals surface area contributed by atoms with Gasteiger partial charge in [-0.05, 0) is 24.5 Å². The Morgan fingerprint density at radius 3 is 2.19 bits per heavy atom. The Morgan fingerprint density at radius 1 is 1.05 bits per heavy atom. The molecule has 0 bridgehead atoms. The minimum absolute atomic E-state index is 0.738. The predicted octanol–water partition coefficient (Wildman–Crippen LogP) is 5.58. The summed E-state index contributed by atoms with van der Waals surface area (Å²) in [6.45, 7) is 12.9. The van der Waals surface area contributed by atoms with E-state index < -0.39 is 0 Å². The van der Waals surface area contributed by atoms with Crippen LogP contribution in [0.4, 0.5) is 0 Å². The van der Waals surface area contributed by atoms with Gasteiger partial charge >= 0.3 is 0 Å². The molecule has 0 saturated heterocycles. The molecule has 0 aromatic heterocycles. The number of benzene rings is 1. The molecule has 0 spiro atoms. The van der Waals surface area contributed by atoms with Gasteiger partial charge in [-0.1, -0.05) is 58.4 Å². The van der Waals surface area contributed by atoms with Gasteiger partial charge in [0.05, 0.1) is 13.7 Å². The maximum atomic E-state index is 5.97. The molecule has 0 aliphatic carbocycles. The lowest BCUT2D eigenvalue weighted by atomic mass is 9.97. The highest BCUT2D eigenvalue weighted by molar-refractivity contribution is 5.66. The molecule has 1 unspecified atom stereocenters. The first-order valence-corrected chi connectivity index (χ1v) is 7.79. The van der Waals surface area contributed by atoms with Crippen molar-refractivity contribution in [2.24, 2.45) is 5.92 Å². The van der Waals surface area contributed by atoms with Crippen LogP contribution in [0, 0.1) is 5.92 Å². The van der Waals surface area contributed by atoms with Crippen LogP contribution >= 0.6 is 0 Å². The zero-order valence-electron chi connectivity index (χ0n) is 13.7. The third-order valence-electron chi connectivity index (χ3n) is 3.86. The van der Waals surface area contributed by atoms with Crippen LogP contribution in [-0.4, -0.2) is 13.7 Å². The van der Waals surface area contributed by atoms with Gasteiger partial charge in [0.1, 0.15) is 11.5 Å². The van der Waals surface area contributed by atoms with Crippen molar-refractivity contribution in [1.29, 1.82) is 0 Å². The summed E-state index contributed by atoms with van der Waals surface area (Å²) in [5.74, 6) is 2.40. The normalized spacial score (nSPS) is 11.8. The topological polar surface area (TPSA) is 18.5 Å². The fourth-order valence-electron chi connectivity index (χ4n) is 2.51. The van der Waals surface area contributed by atoms with Crippen LogP contribution in [-0.2, 0) is 0 Å². The van der Waals surface area contributed by atoms with E-state index in [1.807, 2.05) is 12.1 Å². The highest BCUT2D eigenvalue weighted by Gasteiger charge is 2.10. The molecule has 2 heteroatoms. The molecule has 0 radical (unpaired) electrons. The van der Waals surface area contributed by atoms with E-state index in [0.29, 0.717) is 0 Å². The molecule has 1 atom stereocenters. The predicted molar refractivity (Wildman–Crippen MR) is 92.0 cm³/mol. The van der Waals surface area contributed by atoms with Crippen molar-refractivity contribution < 1.29 is 9.47 Å². The van der Waals surface area contributed by atoms with Crippen molar-refractivity contribution in [2.75, 3.05) is 13.7 Å². The molecule has 1 aromatic carbocycles. The molecule has 21 heavy (non-hydrogen) atoms. The maximum Gasteiger partial charge on any atom is 0.127 e. The largest absolute Gasteiger partial charge is 0.496 e. The van der Waals surface area contributed by atoms with Crippen LogP contribution < -0.4 is 9.47 Å². The van der Waals surface area contributed by atoms with E-state index in [0.717, 1.165) is 41.6 Å². The van der Waals surface area contributed by atoms with Gasteiger partial charge in [0.15, 0.2) is 0 Å². The number of methoxy groups -OCH3 is 1. The molecule has 0 N–H and O–H groups in total. The van der Waals surface area contributed by atoms with Crippen LogP contribution in [0.15, 0.2) is 25.3 Å². The van der Waals surface area contributed by atoms with Gasteiger partial charge in [-0.3, -0.25) is 0 Å². The lowest BCUT2D eigenvalue weighted by molar-refractivity contribution is 0.267. The molecule has 0 amide bonds. The molecule has 1 rings (SSSR count). The second-order valence-electron chi connectivity index (χ2n) is 5.24. The van der Waals surface area contributed by atoms with Crippen LogP contribution in [0.2, 0.25) is 0 Å². The SMILES string of the molecule is C=Cc1cc(OCCC(CC)CCC)c(C=C)cc1OC. The number of hydrogen-bond donors (Lipinski definition) is 0. The molecule has 0 aliphatic heterocycles. The van der Waals surface area contributed by atoms with Gasteiger partial charge in [0, 0.05) is 11.1 Å². The van der Waals surface area contributed by atoms with E-state index in [1.54, 1.807) is 19.3 Å². The van der Waals surface area contributed by atoms with Gasteiger partial charge in [0.25, 0.3) is 0 Å². The summed E-state index contributed by atoms with van der Waals surface area (Å²) in [5, 5.41) is 0. The summed E-state index contributed by atoms with van der Waals surface area (Å²) in [7, 11) is 1.66. The van der Waals surface area contributed by atoms with Crippen LogP contribution in [0.3, 0.4) is 0 Å². The van der Waals surface area contributed by atoms with Crippen molar-refractivity contribution in [3.05, 3.63) is 36.4 Å². The Labute approximate surface area is 129 Å². The molecular formula is C19H28O2. The molecular weight excluding hydrogens is 260 g/mol. The smallest absolute Gasteiger partial charge is 0.127 e. The minimum Gasteiger partial charge on any atom is -0.496 e. The molecule has 2 nitrogen and oxygen atoms in total. The van der Waals surface area contributed by atoms with Crippen LogP contribution in [0.25, 0.3) is 12.2 Å². The van der Waals surface area contributed by atoms with Crippen LogP contribution in [0.1, 0.15) is 50.7 Å². The fraction of sp³-hybridized carbons (Fsp3) is 0.474. The molecule has 0 aliphatic rings. The first-order chi connectivity index (χ1) is 10.2. The Kier molecular flexibility index (Phi) is 7.66. The Morgan fingerprint density at radius 2 is 1.67 bits per heavy atom. The third kappa shape index (κ3) is 4.96. The van der Waals surface area contributed by atoms with Gasteiger partial charge in [-0.25, -0.2) is 0 Å². The first kappa shape index (κ1) is 17.4. The van der Waals surface area contributed by atoms with E-state index in [1.165, 1.54) is 19.3 Å². The molecule has 0 heterocycles. The third-order valence-corrected chi connectivity index (χ3v) is 3.86. The summed E-state index contributed by atoms with van der Waals surface area (Å²) < 4.78 is 11.3. The van der Waals surface area contributed by atoms with E-state index in [9.17, 15) is 0 Å². The van der Waals surface area contributed by atoms with E-state index in [4.69, 9.17) is 9.47 Å². The molecule has 1 aromatic rings. The Bertz CT molecular complexity index is 463. The zero-order chi connectivity index (χ0) is 15.7. The first-order valence-electron chi connectivity index (χ1n) is 7.79. The maximum absolute atomic E-state index is 5.97. The van der Waals surface area contributed by atoms with Gasteiger partial charge in [-0.15, -0.1) is 0 Å². The second kappa shape index (κ2) is 9.28. The van der Waals surface area contributed by atoms with Crippen molar-refractivity contribution in [2.45, 2.75) is 39.5 Å². The molecule has 0 saturated carbocycles. The van der Waals surface area contributed by atoms with E-state index in [2.05, 4.69) is 27.0 Å². The highest BCUT2D eigenvalue weighted by atomic mass is 16.5. The van der Waals surface area contributed by atoms with Crippen LogP contribution in [0.5, 0.6) is 11.5 Å². The van der Waals surface area contributed by atoms with Gasteiger partial charge < -0.3 is 9.47 Å². The van der Waals surface area contributed by atoms with E-state index in [-0.39, 0.29) is 0 Å². The monoisotopic (exact) mass is 288 g/mol. The van der Waals surface area contributed by atoms with Crippen molar-refractivity contribution in [3.8, 4) is 11.5 Å². The lowest BCUT2D eigenvalue weighted by Gasteiger charge is -2.16. The second-order valence-corrected chi connectivity index (χ2v) is 5.24. The number of hydrogen-bond acceptors (Lipinski definition) is 2.